The predicted molar refractivity (Wildman–Crippen MR) is 71.1 cm³/mol. The van der Waals surface area contributed by atoms with E-state index in [9.17, 15) is 0 Å². The highest BCUT2D eigenvalue weighted by Gasteiger charge is 2.17. The minimum Gasteiger partial charge on any atom is -0.395 e. The van der Waals surface area contributed by atoms with E-state index in [0.717, 1.165) is 33.6 Å². The SMILES string of the molecule is CCc1sc2c(-c3ccccc3)noc2c1N. The minimum absolute atomic E-state index is 0.728. The minimum atomic E-state index is 0.728. The molecule has 0 amide bonds. The average Bonchev–Trinajstić information content (AvgIpc) is 2.91. The molecule has 86 valence electrons. The van der Waals surface area contributed by atoms with E-state index in [1.807, 2.05) is 30.3 Å². The van der Waals surface area contributed by atoms with Gasteiger partial charge in [0.2, 0.25) is 5.58 Å². The fourth-order valence-electron chi connectivity index (χ4n) is 1.90. The topological polar surface area (TPSA) is 52.0 Å². The zero-order valence-electron chi connectivity index (χ0n) is 9.43. The van der Waals surface area contributed by atoms with Gasteiger partial charge in [0.25, 0.3) is 0 Å². The lowest BCUT2D eigenvalue weighted by atomic mass is 10.1. The van der Waals surface area contributed by atoms with E-state index < -0.39 is 0 Å². The van der Waals surface area contributed by atoms with Gasteiger partial charge in [-0.25, -0.2) is 0 Å². The number of nitrogen functional groups attached to an aromatic ring is 1. The first-order valence-electron chi connectivity index (χ1n) is 5.53. The Kier molecular flexibility index (Phi) is 2.37. The molecule has 17 heavy (non-hydrogen) atoms. The van der Waals surface area contributed by atoms with Crippen LogP contribution in [0, 0.1) is 0 Å². The third kappa shape index (κ3) is 1.52. The Balaban J connectivity index is 2.25. The summed E-state index contributed by atoms with van der Waals surface area (Å²) < 4.78 is 6.40. The molecule has 0 radical (unpaired) electrons. The molecule has 2 aromatic heterocycles. The van der Waals surface area contributed by atoms with Gasteiger partial charge in [0.05, 0.1) is 5.69 Å². The van der Waals surface area contributed by atoms with Gasteiger partial charge in [-0.15, -0.1) is 11.3 Å². The molecule has 0 unspecified atom stereocenters. The monoisotopic (exact) mass is 244 g/mol. The molecule has 4 heteroatoms. The van der Waals surface area contributed by atoms with Crippen molar-refractivity contribution in [1.82, 2.24) is 5.16 Å². The molecule has 3 aromatic rings. The molecule has 1 aromatic carbocycles. The third-order valence-electron chi connectivity index (χ3n) is 2.79. The Hall–Kier alpha value is -1.81. The number of rotatable bonds is 2. The summed E-state index contributed by atoms with van der Waals surface area (Å²) in [7, 11) is 0. The van der Waals surface area contributed by atoms with Crippen LogP contribution in [0.5, 0.6) is 0 Å². The molecule has 3 rings (SSSR count). The van der Waals surface area contributed by atoms with Crippen molar-refractivity contribution in [3.05, 3.63) is 35.2 Å². The maximum Gasteiger partial charge on any atom is 0.201 e. The van der Waals surface area contributed by atoms with Crippen LogP contribution < -0.4 is 5.73 Å². The number of nitrogens with two attached hydrogens (primary N) is 1. The van der Waals surface area contributed by atoms with E-state index in [4.69, 9.17) is 10.3 Å². The number of aromatic nitrogens is 1. The zero-order valence-corrected chi connectivity index (χ0v) is 10.3. The van der Waals surface area contributed by atoms with Crippen LogP contribution in [0.4, 0.5) is 5.69 Å². The molecule has 0 spiro atoms. The van der Waals surface area contributed by atoms with Crippen molar-refractivity contribution >= 4 is 27.3 Å². The molecule has 0 saturated carbocycles. The number of aryl methyl sites for hydroxylation is 1. The molecule has 0 atom stereocenters. The summed E-state index contributed by atoms with van der Waals surface area (Å²) in [6.07, 6.45) is 0.926. The van der Waals surface area contributed by atoms with E-state index >= 15 is 0 Å². The second kappa shape index (κ2) is 3.89. The van der Waals surface area contributed by atoms with E-state index in [0.29, 0.717) is 0 Å². The van der Waals surface area contributed by atoms with Crippen molar-refractivity contribution < 1.29 is 4.52 Å². The van der Waals surface area contributed by atoms with Crippen LogP contribution >= 0.6 is 11.3 Å². The molecular formula is C13H12N2OS. The first-order valence-corrected chi connectivity index (χ1v) is 6.35. The van der Waals surface area contributed by atoms with Crippen LogP contribution in [0.15, 0.2) is 34.9 Å². The number of fused-ring (bicyclic) bond motifs is 1. The highest BCUT2D eigenvalue weighted by molar-refractivity contribution is 7.20. The summed E-state index contributed by atoms with van der Waals surface area (Å²) in [5, 5.41) is 4.12. The standard InChI is InChI=1S/C13H12N2OS/c1-2-9-10(14)12-13(17-9)11(15-16-12)8-6-4-3-5-7-8/h3-7H,2,14H2,1H3. The van der Waals surface area contributed by atoms with Gasteiger partial charge in [0, 0.05) is 10.4 Å². The normalized spacial score (nSPS) is 11.1. The Morgan fingerprint density at radius 1 is 1.29 bits per heavy atom. The maximum atomic E-state index is 6.02. The van der Waals surface area contributed by atoms with Gasteiger partial charge in [-0.3, -0.25) is 0 Å². The summed E-state index contributed by atoms with van der Waals surface area (Å²) in [6, 6.07) is 10.0. The third-order valence-corrected chi connectivity index (χ3v) is 4.13. The Morgan fingerprint density at radius 3 is 2.76 bits per heavy atom. The van der Waals surface area contributed by atoms with Crippen LogP contribution in [0.25, 0.3) is 21.5 Å². The second-order valence-corrected chi connectivity index (χ2v) is 4.95. The molecule has 0 fully saturated rings. The van der Waals surface area contributed by atoms with Crippen molar-refractivity contribution in [3.63, 3.8) is 0 Å². The Morgan fingerprint density at radius 2 is 2.06 bits per heavy atom. The number of nitrogens with zero attached hydrogens (tertiary/aromatic N) is 1. The van der Waals surface area contributed by atoms with Crippen molar-refractivity contribution in [2.45, 2.75) is 13.3 Å². The number of hydrogen-bond donors (Lipinski definition) is 1. The number of benzene rings is 1. The Bertz CT molecular complexity index is 655. The lowest BCUT2D eigenvalue weighted by molar-refractivity contribution is 0.460. The molecule has 2 N–H and O–H groups in total. The van der Waals surface area contributed by atoms with E-state index in [1.54, 1.807) is 11.3 Å². The molecule has 0 aliphatic rings. The van der Waals surface area contributed by atoms with Gasteiger partial charge in [0.15, 0.2) is 0 Å². The lowest BCUT2D eigenvalue weighted by Gasteiger charge is -1.93. The molecular weight excluding hydrogens is 232 g/mol. The number of anilines is 1. The van der Waals surface area contributed by atoms with Gasteiger partial charge in [-0.05, 0) is 6.42 Å². The summed E-state index contributed by atoms with van der Waals surface area (Å²) >= 11 is 1.67. The molecule has 2 heterocycles. The molecule has 3 nitrogen and oxygen atoms in total. The summed E-state index contributed by atoms with van der Waals surface area (Å²) in [5.41, 5.74) is 9.43. The van der Waals surface area contributed by atoms with E-state index in [-0.39, 0.29) is 0 Å². The Labute approximate surface area is 103 Å². The van der Waals surface area contributed by atoms with Gasteiger partial charge in [-0.1, -0.05) is 42.4 Å². The second-order valence-electron chi connectivity index (χ2n) is 3.85. The fourth-order valence-corrected chi connectivity index (χ4v) is 2.98. The fraction of sp³-hybridized carbons (Fsp3) is 0.154. The van der Waals surface area contributed by atoms with Crippen molar-refractivity contribution in [1.29, 1.82) is 0 Å². The smallest absolute Gasteiger partial charge is 0.201 e. The van der Waals surface area contributed by atoms with E-state index in [2.05, 4.69) is 12.1 Å². The molecule has 0 bridgehead atoms. The predicted octanol–water partition coefficient (Wildman–Crippen LogP) is 3.70. The van der Waals surface area contributed by atoms with Crippen molar-refractivity contribution in [2.75, 3.05) is 5.73 Å². The van der Waals surface area contributed by atoms with Crippen molar-refractivity contribution in [2.24, 2.45) is 0 Å². The average molecular weight is 244 g/mol. The van der Waals surface area contributed by atoms with Gasteiger partial charge in [0.1, 0.15) is 10.4 Å². The van der Waals surface area contributed by atoms with Crippen LogP contribution in [0.1, 0.15) is 11.8 Å². The zero-order chi connectivity index (χ0) is 11.8. The van der Waals surface area contributed by atoms with Crippen molar-refractivity contribution in [3.8, 4) is 11.3 Å². The first kappa shape index (κ1) is 10.4. The molecule has 0 aliphatic carbocycles. The summed E-state index contributed by atoms with van der Waals surface area (Å²) in [4.78, 5) is 1.17. The maximum absolute atomic E-state index is 6.02. The van der Waals surface area contributed by atoms with Crippen LogP contribution in [-0.2, 0) is 6.42 Å². The van der Waals surface area contributed by atoms with Gasteiger partial charge < -0.3 is 10.3 Å². The van der Waals surface area contributed by atoms with Gasteiger partial charge in [-0.2, -0.15) is 0 Å². The summed E-state index contributed by atoms with van der Waals surface area (Å²) in [6.45, 7) is 2.09. The summed E-state index contributed by atoms with van der Waals surface area (Å²) in [5.74, 6) is 0. The largest absolute Gasteiger partial charge is 0.395 e. The van der Waals surface area contributed by atoms with E-state index in [1.165, 1.54) is 4.88 Å². The quantitative estimate of drug-likeness (QED) is 0.747. The van der Waals surface area contributed by atoms with Crippen LogP contribution in [-0.4, -0.2) is 5.16 Å². The molecule has 0 saturated heterocycles. The van der Waals surface area contributed by atoms with Crippen LogP contribution in [0.2, 0.25) is 0 Å². The lowest BCUT2D eigenvalue weighted by Crippen LogP contribution is -1.85. The van der Waals surface area contributed by atoms with Crippen LogP contribution in [0.3, 0.4) is 0 Å². The van der Waals surface area contributed by atoms with Gasteiger partial charge >= 0.3 is 0 Å². The highest BCUT2D eigenvalue weighted by atomic mass is 32.1. The molecule has 0 aliphatic heterocycles. The first-order chi connectivity index (χ1) is 8.31. The highest BCUT2D eigenvalue weighted by Crippen LogP contribution is 2.39. The number of thiophene rings is 1. The number of hydrogen-bond acceptors (Lipinski definition) is 4.